The smallest absolute Gasteiger partial charge is 0.194 e. The Balaban J connectivity index is 2.35. The van der Waals surface area contributed by atoms with Crippen LogP contribution >= 0.6 is 15.9 Å². The van der Waals surface area contributed by atoms with Crippen LogP contribution in [0, 0.1) is 39.4 Å². The van der Waals surface area contributed by atoms with Gasteiger partial charge in [-0.3, -0.25) is 0 Å². The first-order valence-corrected chi connectivity index (χ1v) is 8.59. The van der Waals surface area contributed by atoms with E-state index in [9.17, 15) is 15.8 Å². The van der Waals surface area contributed by atoms with Crippen molar-refractivity contribution in [1.82, 2.24) is 0 Å². The van der Waals surface area contributed by atoms with E-state index in [2.05, 4.69) is 34.1 Å². The van der Waals surface area contributed by atoms with Gasteiger partial charge in [0.2, 0.25) is 0 Å². The zero-order valence-corrected chi connectivity index (χ0v) is 14.6. The third kappa shape index (κ3) is 2.23. The summed E-state index contributed by atoms with van der Waals surface area (Å²) in [7, 11) is 0. The van der Waals surface area contributed by atoms with E-state index >= 15 is 0 Å². The molecule has 0 radical (unpaired) electrons. The highest BCUT2D eigenvalue weighted by molar-refractivity contribution is 9.10. The Morgan fingerprint density at radius 2 is 1.83 bits per heavy atom. The lowest BCUT2D eigenvalue weighted by Gasteiger charge is -2.39. The van der Waals surface area contributed by atoms with E-state index in [1.807, 2.05) is 24.3 Å². The van der Waals surface area contributed by atoms with Crippen LogP contribution < -0.4 is 5.73 Å². The van der Waals surface area contributed by atoms with Crippen molar-refractivity contribution in [3.63, 3.8) is 0 Å². The van der Waals surface area contributed by atoms with E-state index in [1.54, 1.807) is 0 Å². The Labute approximate surface area is 149 Å². The van der Waals surface area contributed by atoms with Crippen LogP contribution in [-0.4, -0.2) is 0 Å². The first kappa shape index (κ1) is 16.3. The summed E-state index contributed by atoms with van der Waals surface area (Å²) >= 11 is 3.46. The zero-order valence-electron chi connectivity index (χ0n) is 13.0. The molecule has 24 heavy (non-hydrogen) atoms. The molecule has 0 aromatic heterocycles. The van der Waals surface area contributed by atoms with Crippen molar-refractivity contribution < 1.29 is 0 Å². The maximum atomic E-state index is 9.89. The van der Waals surface area contributed by atoms with Gasteiger partial charge in [-0.2, -0.15) is 15.8 Å². The van der Waals surface area contributed by atoms with Crippen LogP contribution in [0.3, 0.4) is 0 Å². The quantitative estimate of drug-likeness (QED) is 0.791. The maximum absolute atomic E-state index is 9.89. The first-order valence-electron chi connectivity index (χ1n) is 7.79. The summed E-state index contributed by atoms with van der Waals surface area (Å²) in [4.78, 5) is 0. The van der Waals surface area contributed by atoms with Gasteiger partial charge in [-0.15, -0.1) is 0 Å². The topological polar surface area (TPSA) is 97.4 Å². The van der Waals surface area contributed by atoms with E-state index < -0.39 is 11.3 Å². The number of halogens is 1. The lowest BCUT2D eigenvalue weighted by Crippen LogP contribution is -2.38. The number of nitrogens with zero attached hydrogens (tertiary/aromatic N) is 3. The summed E-state index contributed by atoms with van der Waals surface area (Å²) < 4.78 is 0.886. The van der Waals surface area contributed by atoms with Gasteiger partial charge in [-0.1, -0.05) is 33.6 Å². The molecule has 0 bridgehead atoms. The van der Waals surface area contributed by atoms with Crippen molar-refractivity contribution in [2.24, 2.45) is 11.1 Å². The van der Waals surface area contributed by atoms with Gasteiger partial charge in [-0.25, -0.2) is 0 Å². The molecule has 2 aliphatic carbocycles. The van der Waals surface area contributed by atoms with E-state index in [1.165, 1.54) is 0 Å². The van der Waals surface area contributed by atoms with Crippen LogP contribution in [0.5, 0.6) is 0 Å². The summed E-state index contributed by atoms with van der Waals surface area (Å²) in [6, 6.07) is 14.1. The maximum Gasteiger partial charge on any atom is 0.194 e. The van der Waals surface area contributed by atoms with Gasteiger partial charge in [0.1, 0.15) is 6.07 Å². The Morgan fingerprint density at radius 1 is 1.12 bits per heavy atom. The molecule has 1 aromatic rings. The molecular formula is C19H15BrN4. The van der Waals surface area contributed by atoms with E-state index in [0.29, 0.717) is 5.57 Å². The lowest BCUT2D eigenvalue weighted by atomic mass is 9.60. The summed E-state index contributed by atoms with van der Waals surface area (Å²) in [6.45, 7) is 0. The molecule has 0 aliphatic heterocycles. The van der Waals surface area contributed by atoms with Gasteiger partial charge in [0.15, 0.2) is 5.41 Å². The minimum absolute atomic E-state index is 0.0978. The van der Waals surface area contributed by atoms with Gasteiger partial charge in [0.25, 0.3) is 0 Å². The standard InChI is InChI=1S/C19H15BrN4/c20-13-5-3-4-12(8-13)17-15-7-2-1-6-14(15)16(9-21)18(24)19(17,10-22)11-23/h3-5,8,17H,1-2,6-7,24H2/t17-/m0/s1. The Bertz CT molecular complexity index is 875. The summed E-state index contributed by atoms with van der Waals surface area (Å²) in [5.74, 6) is -0.433. The molecule has 5 heteroatoms. The summed E-state index contributed by atoms with van der Waals surface area (Å²) in [5.41, 5.74) is 7.95. The number of benzene rings is 1. The Morgan fingerprint density at radius 3 is 2.46 bits per heavy atom. The van der Waals surface area contributed by atoms with Crippen LogP contribution in [0.1, 0.15) is 37.2 Å². The molecule has 3 rings (SSSR count). The number of nitriles is 3. The highest BCUT2D eigenvalue weighted by atomic mass is 79.9. The third-order valence-electron chi connectivity index (χ3n) is 4.93. The van der Waals surface area contributed by atoms with Crippen molar-refractivity contribution >= 4 is 15.9 Å². The molecule has 0 fully saturated rings. The number of rotatable bonds is 1. The van der Waals surface area contributed by atoms with Gasteiger partial charge in [0.05, 0.1) is 23.4 Å². The highest BCUT2D eigenvalue weighted by Crippen LogP contribution is 2.54. The Hall–Kier alpha value is -2.55. The average Bonchev–Trinajstić information content (AvgIpc) is 2.61. The van der Waals surface area contributed by atoms with E-state index in [0.717, 1.165) is 46.9 Å². The summed E-state index contributed by atoms with van der Waals surface area (Å²) in [6.07, 6.45) is 3.55. The zero-order chi connectivity index (χ0) is 17.3. The highest BCUT2D eigenvalue weighted by Gasteiger charge is 2.50. The van der Waals surface area contributed by atoms with Crippen LogP contribution in [0.4, 0.5) is 0 Å². The van der Waals surface area contributed by atoms with Gasteiger partial charge >= 0.3 is 0 Å². The molecule has 4 nitrogen and oxygen atoms in total. The molecule has 118 valence electrons. The van der Waals surface area contributed by atoms with Crippen molar-refractivity contribution in [3.05, 3.63) is 56.7 Å². The van der Waals surface area contributed by atoms with Crippen molar-refractivity contribution in [2.75, 3.05) is 0 Å². The molecule has 0 saturated carbocycles. The predicted octanol–water partition coefficient (Wildman–Crippen LogP) is 4.19. The van der Waals surface area contributed by atoms with Gasteiger partial charge < -0.3 is 5.73 Å². The number of nitrogens with two attached hydrogens (primary N) is 1. The average molecular weight is 379 g/mol. The van der Waals surface area contributed by atoms with Crippen LogP contribution in [-0.2, 0) is 0 Å². The molecule has 0 amide bonds. The molecule has 1 aromatic carbocycles. The van der Waals surface area contributed by atoms with Crippen LogP contribution in [0.2, 0.25) is 0 Å². The van der Waals surface area contributed by atoms with E-state index in [-0.39, 0.29) is 5.70 Å². The molecule has 0 spiro atoms. The summed E-state index contributed by atoms with van der Waals surface area (Å²) in [5, 5.41) is 29.3. The Kier molecular flexibility index (Phi) is 4.18. The minimum atomic E-state index is -1.54. The molecule has 2 aliphatic rings. The first-order chi connectivity index (χ1) is 11.6. The molecule has 0 heterocycles. The number of allylic oxidation sites excluding steroid dienone is 4. The fourth-order valence-corrected chi connectivity index (χ4v) is 4.27. The lowest BCUT2D eigenvalue weighted by molar-refractivity contribution is 0.468. The van der Waals surface area contributed by atoms with Crippen molar-refractivity contribution in [1.29, 1.82) is 15.8 Å². The van der Waals surface area contributed by atoms with Crippen molar-refractivity contribution in [3.8, 4) is 18.2 Å². The molecule has 1 atom stereocenters. The van der Waals surface area contributed by atoms with E-state index in [4.69, 9.17) is 5.73 Å². The molecule has 2 N–H and O–H groups in total. The largest absolute Gasteiger partial charge is 0.399 e. The minimum Gasteiger partial charge on any atom is -0.399 e. The SMILES string of the molecule is N#CC1=C(N)C(C#N)(C#N)[C@@H](c2cccc(Br)c2)C2=C1CCCC2. The second-order valence-corrected chi connectivity index (χ2v) is 7.05. The monoisotopic (exact) mass is 378 g/mol. The fraction of sp³-hybridized carbons (Fsp3) is 0.316. The molecular weight excluding hydrogens is 364 g/mol. The number of hydrogen-bond acceptors (Lipinski definition) is 4. The predicted molar refractivity (Wildman–Crippen MR) is 92.9 cm³/mol. The van der Waals surface area contributed by atoms with Gasteiger partial charge in [-0.05, 0) is 49.0 Å². The second kappa shape index (κ2) is 6.16. The van der Waals surface area contributed by atoms with Crippen molar-refractivity contribution in [2.45, 2.75) is 31.6 Å². The normalized spacial score (nSPS) is 22.2. The van der Waals surface area contributed by atoms with Gasteiger partial charge in [0, 0.05) is 10.4 Å². The van der Waals surface area contributed by atoms with Crippen LogP contribution in [0.15, 0.2) is 51.2 Å². The fourth-order valence-electron chi connectivity index (χ4n) is 3.85. The number of hydrogen-bond donors (Lipinski definition) is 1. The second-order valence-electron chi connectivity index (χ2n) is 6.13. The van der Waals surface area contributed by atoms with Crippen LogP contribution in [0.25, 0.3) is 0 Å². The molecule has 0 saturated heterocycles. The molecule has 0 unspecified atom stereocenters. The third-order valence-corrected chi connectivity index (χ3v) is 5.43.